The van der Waals surface area contributed by atoms with E-state index in [2.05, 4.69) is 26.1 Å². The van der Waals surface area contributed by atoms with Crippen molar-refractivity contribution in [3.63, 3.8) is 0 Å². The summed E-state index contributed by atoms with van der Waals surface area (Å²) in [7, 11) is 0. The standard InChI is InChI=1S/C12H14BrN3O2/c1-7-3-10(13)4-9(5-14)12(7)17-6-11-15-8(2)16-18-11/h3-4H,5-6,14H2,1-2H3. The molecule has 0 fully saturated rings. The van der Waals surface area contributed by atoms with Crippen LogP contribution in [0.2, 0.25) is 0 Å². The van der Waals surface area contributed by atoms with Crippen LogP contribution in [0.15, 0.2) is 21.1 Å². The number of aromatic nitrogens is 2. The Bertz CT molecular complexity index is 554. The quantitative estimate of drug-likeness (QED) is 0.939. The molecule has 1 aromatic carbocycles. The van der Waals surface area contributed by atoms with E-state index in [9.17, 15) is 0 Å². The van der Waals surface area contributed by atoms with Crippen LogP contribution in [0.25, 0.3) is 0 Å². The number of nitrogens with zero attached hydrogens (tertiary/aromatic N) is 2. The van der Waals surface area contributed by atoms with E-state index in [1.807, 2.05) is 19.1 Å². The third kappa shape index (κ3) is 2.88. The smallest absolute Gasteiger partial charge is 0.264 e. The highest BCUT2D eigenvalue weighted by atomic mass is 79.9. The molecule has 96 valence electrons. The highest BCUT2D eigenvalue weighted by Gasteiger charge is 2.10. The Morgan fingerprint density at radius 3 is 2.78 bits per heavy atom. The molecule has 0 spiro atoms. The van der Waals surface area contributed by atoms with E-state index < -0.39 is 0 Å². The molecule has 0 aliphatic heterocycles. The molecule has 18 heavy (non-hydrogen) atoms. The van der Waals surface area contributed by atoms with E-state index in [0.29, 0.717) is 18.3 Å². The lowest BCUT2D eigenvalue weighted by Crippen LogP contribution is -2.04. The highest BCUT2D eigenvalue weighted by molar-refractivity contribution is 9.10. The maximum atomic E-state index is 5.72. The number of hydrogen-bond donors (Lipinski definition) is 1. The molecule has 0 atom stereocenters. The van der Waals surface area contributed by atoms with Crippen LogP contribution >= 0.6 is 15.9 Å². The van der Waals surface area contributed by atoms with Gasteiger partial charge in [0.1, 0.15) is 5.75 Å². The van der Waals surface area contributed by atoms with Crippen LogP contribution in [0, 0.1) is 13.8 Å². The third-order valence-corrected chi connectivity index (χ3v) is 2.90. The van der Waals surface area contributed by atoms with Crippen molar-refractivity contribution in [3.8, 4) is 5.75 Å². The summed E-state index contributed by atoms with van der Waals surface area (Å²) >= 11 is 3.44. The molecule has 2 N–H and O–H groups in total. The average Bonchev–Trinajstić information content (AvgIpc) is 2.73. The van der Waals surface area contributed by atoms with Crippen molar-refractivity contribution in [2.45, 2.75) is 27.0 Å². The Hall–Kier alpha value is -1.40. The van der Waals surface area contributed by atoms with Crippen molar-refractivity contribution in [1.29, 1.82) is 0 Å². The SMILES string of the molecule is Cc1noc(COc2c(C)cc(Br)cc2CN)n1. The van der Waals surface area contributed by atoms with Crippen molar-refractivity contribution in [2.75, 3.05) is 0 Å². The van der Waals surface area contributed by atoms with Gasteiger partial charge in [-0.15, -0.1) is 0 Å². The molecule has 1 heterocycles. The minimum atomic E-state index is 0.246. The number of aryl methyl sites for hydroxylation is 2. The summed E-state index contributed by atoms with van der Waals surface area (Å²) in [4.78, 5) is 4.09. The Morgan fingerprint density at radius 2 is 2.17 bits per heavy atom. The zero-order chi connectivity index (χ0) is 13.1. The molecule has 0 amide bonds. The summed E-state index contributed by atoms with van der Waals surface area (Å²) < 4.78 is 11.7. The van der Waals surface area contributed by atoms with Crippen LogP contribution in [0.5, 0.6) is 5.75 Å². The zero-order valence-corrected chi connectivity index (χ0v) is 11.8. The third-order valence-electron chi connectivity index (χ3n) is 2.45. The Balaban J connectivity index is 2.18. The van der Waals surface area contributed by atoms with Gasteiger partial charge in [-0.2, -0.15) is 4.98 Å². The molecular weight excluding hydrogens is 298 g/mol. The maximum Gasteiger partial charge on any atom is 0.264 e. The lowest BCUT2D eigenvalue weighted by molar-refractivity contribution is 0.239. The van der Waals surface area contributed by atoms with Gasteiger partial charge in [0.15, 0.2) is 12.4 Å². The van der Waals surface area contributed by atoms with Crippen molar-refractivity contribution >= 4 is 15.9 Å². The molecule has 0 aliphatic carbocycles. The second-order valence-corrected chi connectivity index (χ2v) is 4.85. The molecule has 1 aromatic heterocycles. The predicted octanol–water partition coefficient (Wildman–Crippen LogP) is 2.49. The van der Waals surface area contributed by atoms with E-state index in [1.54, 1.807) is 6.92 Å². The average molecular weight is 312 g/mol. The number of hydrogen-bond acceptors (Lipinski definition) is 5. The van der Waals surface area contributed by atoms with Crippen LogP contribution < -0.4 is 10.5 Å². The molecule has 0 radical (unpaired) electrons. The monoisotopic (exact) mass is 311 g/mol. The number of halogens is 1. The molecule has 2 aromatic rings. The van der Waals surface area contributed by atoms with Gasteiger partial charge >= 0.3 is 0 Å². The van der Waals surface area contributed by atoms with Crippen molar-refractivity contribution < 1.29 is 9.26 Å². The second-order valence-electron chi connectivity index (χ2n) is 3.94. The molecule has 0 aliphatic rings. The van der Waals surface area contributed by atoms with Gasteiger partial charge in [-0.05, 0) is 31.5 Å². The van der Waals surface area contributed by atoms with E-state index in [-0.39, 0.29) is 6.61 Å². The van der Waals surface area contributed by atoms with Gasteiger partial charge in [-0.1, -0.05) is 21.1 Å². The van der Waals surface area contributed by atoms with Gasteiger partial charge in [0.25, 0.3) is 5.89 Å². The molecule has 0 saturated carbocycles. The first kappa shape index (κ1) is 13.0. The normalized spacial score (nSPS) is 10.7. The van der Waals surface area contributed by atoms with Crippen LogP contribution in [-0.2, 0) is 13.2 Å². The number of benzene rings is 1. The first-order valence-corrected chi connectivity index (χ1v) is 6.30. The molecule has 0 unspecified atom stereocenters. The van der Waals surface area contributed by atoms with Crippen molar-refractivity contribution in [3.05, 3.63) is 39.4 Å². The second kappa shape index (κ2) is 5.49. The number of nitrogens with two attached hydrogens (primary N) is 1. The summed E-state index contributed by atoms with van der Waals surface area (Å²) in [5.41, 5.74) is 7.67. The summed E-state index contributed by atoms with van der Waals surface area (Å²) in [6, 6.07) is 3.93. The highest BCUT2D eigenvalue weighted by Crippen LogP contribution is 2.28. The van der Waals surface area contributed by atoms with Crippen molar-refractivity contribution in [2.24, 2.45) is 5.73 Å². The lowest BCUT2D eigenvalue weighted by Gasteiger charge is -2.12. The Morgan fingerprint density at radius 1 is 1.39 bits per heavy atom. The van der Waals surface area contributed by atoms with Crippen LogP contribution in [0.1, 0.15) is 22.8 Å². The molecule has 0 bridgehead atoms. The molecular formula is C12H14BrN3O2. The first-order valence-electron chi connectivity index (χ1n) is 5.51. The summed E-state index contributed by atoms with van der Waals surface area (Å²) in [6.07, 6.45) is 0. The summed E-state index contributed by atoms with van der Waals surface area (Å²) in [5, 5.41) is 3.71. The summed E-state index contributed by atoms with van der Waals surface area (Å²) in [6.45, 7) is 4.40. The van der Waals surface area contributed by atoms with Gasteiger partial charge in [-0.25, -0.2) is 0 Å². The van der Waals surface area contributed by atoms with Gasteiger partial charge < -0.3 is 15.0 Å². The largest absolute Gasteiger partial charge is 0.483 e. The topological polar surface area (TPSA) is 74.2 Å². The predicted molar refractivity (Wildman–Crippen MR) is 70.1 cm³/mol. The minimum Gasteiger partial charge on any atom is -0.483 e. The van der Waals surface area contributed by atoms with E-state index >= 15 is 0 Å². The fourth-order valence-corrected chi connectivity index (χ4v) is 2.31. The Kier molecular flexibility index (Phi) is 3.98. The molecule has 2 rings (SSSR count). The molecule has 5 nitrogen and oxygen atoms in total. The summed E-state index contributed by atoms with van der Waals surface area (Å²) in [5.74, 6) is 1.83. The van der Waals surface area contributed by atoms with Gasteiger partial charge in [0, 0.05) is 16.6 Å². The lowest BCUT2D eigenvalue weighted by atomic mass is 10.1. The maximum absolute atomic E-state index is 5.72. The molecule has 0 saturated heterocycles. The van der Waals surface area contributed by atoms with E-state index in [4.69, 9.17) is 15.0 Å². The minimum absolute atomic E-state index is 0.246. The van der Waals surface area contributed by atoms with Gasteiger partial charge in [0.2, 0.25) is 0 Å². The van der Waals surface area contributed by atoms with Crippen LogP contribution in [-0.4, -0.2) is 10.1 Å². The number of ether oxygens (including phenoxy) is 1. The first-order chi connectivity index (χ1) is 8.60. The zero-order valence-electron chi connectivity index (χ0n) is 10.2. The number of rotatable bonds is 4. The van der Waals surface area contributed by atoms with E-state index in [0.717, 1.165) is 21.3 Å². The molecule has 6 heteroatoms. The fourth-order valence-electron chi connectivity index (χ4n) is 1.69. The van der Waals surface area contributed by atoms with Crippen LogP contribution in [0.3, 0.4) is 0 Å². The van der Waals surface area contributed by atoms with Crippen LogP contribution in [0.4, 0.5) is 0 Å². The Labute approximate surface area is 113 Å². The van der Waals surface area contributed by atoms with Gasteiger partial charge in [-0.3, -0.25) is 0 Å². The van der Waals surface area contributed by atoms with Crippen molar-refractivity contribution in [1.82, 2.24) is 10.1 Å². The fraction of sp³-hybridized carbons (Fsp3) is 0.333. The van der Waals surface area contributed by atoms with Gasteiger partial charge in [0.05, 0.1) is 0 Å². The van der Waals surface area contributed by atoms with E-state index in [1.165, 1.54) is 0 Å².